The first-order chi connectivity index (χ1) is 6.99. The molecule has 82 valence electrons. The van der Waals surface area contributed by atoms with Crippen LogP contribution in [0.2, 0.25) is 0 Å². The summed E-state index contributed by atoms with van der Waals surface area (Å²) in [5.74, 6) is -0.932. The number of aryl methyl sites for hydroxylation is 1. The molecular weight excluding hydrogens is 199 g/mol. The number of carboxylic acids is 1. The van der Waals surface area contributed by atoms with Crippen molar-refractivity contribution in [2.75, 3.05) is 0 Å². The van der Waals surface area contributed by atoms with Crippen molar-refractivity contribution in [3.63, 3.8) is 0 Å². The average molecular weight is 212 g/mol. The number of carboxylic acid groups (broad SMARTS) is 1. The van der Waals surface area contributed by atoms with Crippen molar-refractivity contribution in [3.8, 4) is 5.75 Å². The van der Waals surface area contributed by atoms with Gasteiger partial charge in [-0.2, -0.15) is 0 Å². The van der Waals surface area contributed by atoms with E-state index in [2.05, 4.69) is 0 Å². The van der Waals surface area contributed by atoms with Crippen molar-refractivity contribution in [3.05, 3.63) is 29.6 Å². The summed E-state index contributed by atoms with van der Waals surface area (Å²) < 4.78 is 18.2. The highest BCUT2D eigenvalue weighted by atomic mass is 19.1. The number of carbonyl (C=O) groups is 1. The third kappa shape index (κ3) is 3.58. The fourth-order valence-electron chi connectivity index (χ4n) is 1.21. The molecule has 1 aromatic carbocycles. The van der Waals surface area contributed by atoms with E-state index in [-0.39, 0.29) is 6.42 Å². The van der Waals surface area contributed by atoms with Gasteiger partial charge in [0, 0.05) is 6.07 Å². The normalized spacial score (nSPS) is 12.2. The highest BCUT2D eigenvalue weighted by molar-refractivity contribution is 5.67. The van der Waals surface area contributed by atoms with Crippen LogP contribution in [0.25, 0.3) is 0 Å². The topological polar surface area (TPSA) is 46.5 Å². The lowest BCUT2D eigenvalue weighted by Crippen LogP contribution is -2.17. The number of hydrogen-bond donors (Lipinski definition) is 1. The molecule has 3 nitrogen and oxygen atoms in total. The first-order valence-corrected chi connectivity index (χ1v) is 4.63. The molecule has 0 saturated heterocycles. The van der Waals surface area contributed by atoms with Gasteiger partial charge < -0.3 is 9.84 Å². The van der Waals surface area contributed by atoms with Crippen molar-refractivity contribution in [2.24, 2.45) is 0 Å². The predicted molar refractivity (Wildman–Crippen MR) is 53.5 cm³/mol. The van der Waals surface area contributed by atoms with E-state index in [0.717, 1.165) is 5.56 Å². The van der Waals surface area contributed by atoms with Crippen LogP contribution in [0.3, 0.4) is 0 Å². The van der Waals surface area contributed by atoms with Crippen molar-refractivity contribution >= 4 is 5.97 Å². The van der Waals surface area contributed by atoms with E-state index in [1.54, 1.807) is 19.9 Å². The number of ether oxygens (including phenoxy) is 1. The molecule has 0 aromatic heterocycles. The van der Waals surface area contributed by atoms with E-state index in [1.165, 1.54) is 12.1 Å². The number of aliphatic carboxylic acids is 1. The molecule has 1 atom stereocenters. The molecule has 1 N–H and O–H groups in total. The third-order valence-electron chi connectivity index (χ3n) is 1.94. The SMILES string of the molecule is Cc1ccc(F)cc1O[C@@H](C)CC(=O)O. The largest absolute Gasteiger partial charge is 0.490 e. The van der Waals surface area contributed by atoms with Crippen LogP contribution in [0, 0.1) is 12.7 Å². The smallest absolute Gasteiger partial charge is 0.307 e. The summed E-state index contributed by atoms with van der Waals surface area (Å²) in [6.07, 6.45) is -0.571. The van der Waals surface area contributed by atoms with Crippen LogP contribution in [0.4, 0.5) is 4.39 Å². The summed E-state index contributed by atoms with van der Waals surface area (Å²) in [7, 11) is 0. The van der Waals surface area contributed by atoms with Gasteiger partial charge in [0.15, 0.2) is 0 Å². The van der Waals surface area contributed by atoms with Crippen LogP contribution < -0.4 is 4.74 Å². The molecule has 1 rings (SSSR count). The van der Waals surface area contributed by atoms with Gasteiger partial charge in [0.25, 0.3) is 0 Å². The Morgan fingerprint density at radius 2 is 2.27 bits per heavy atom. The summed E-state index contributed by atoms with van der Waals surface area (Å²) >= 11 is 0. The molecule has 0 unspecified atom stereocenters. The van der Waals surface area contributed by atoms with E-state index < -0.39 is 17.9 Å². The molecule has 0 aliphatic rings. The van der Waals surface area contributed by atoms with Crippen molar-refractivity contribution in [2.45, 2.75) is 26.4 Å². The number of hydrogen-bond acceptors (Lipinski definition) is 2. The Balaban J connectivity index is 2.71. The van der Waals surface area contributed by atoms with Crippen molar-refractivity contribution in [1.29, 1.82) is 0 Å². The fourth-order valence-corrected chi connectivity index (χ4v) is 1.21. The molecule has 0 spiro atoms. The number of benzene rings is 1. The fraction of sp³-hybridized carbons (Fsp3) is 0.364. The van der Waals surface area contributed by atoms with Gasteiger partial charge in [-0.25, -0.2) is 4.39 Å². The molecule has 0 fully saturated rings. The molecule has 0 aliphatic heterocycles. The van der Waals surface area contributed by atoms with E-state index in [0.29, 0.717) is 5.75 Å². The molecule has 0 heterocycles. The first-order valence-electron chi connectivity index (χ1n) is 4.63. The molecule has 0 saturated carbocycles. The quantitative estimate of drug-likeness (QED) is 0.833. The van der Waals surface area contributed by atoms with Gasteiger partial charge in [-0.3, -0.25) is 4.79 Å². The number of rotatable bonds is 4. The monoisotopic (exact) mass is 212 g/mol. The summed E-state index contributed by atoms with van der Waals surface area (Å²) in [6, 6.07) is 4.19. The second kappa shape index (κ2) is 4.77. The summed E-state index contributed by atoms with van der Waals surface area (Å²) in [4.78, 5) is 10.4. The van der Waals surface area contributed by atoms with Crippen LogP contribution in [0.15, 0.2) is 18.2 Å². The second-order valence-corrected chi connectivity index (χ2v) is 3.44. The van der Waals surface area contributed by atoms with Crippen molar-refractivity contribution in [1.82, 2.24) is 0 Å². The van der Waals surface area contributed by atoms with Crippen LogP contribution in [-0.4, -0.2) is 17.2 Å². The lowest BCUT2D eigenvalue weighted by molar-refractivity contribution is -0.138. The average Bonchev–Trinajstić information content (AvgIpc) is 2.10. The Labute approximate surface area is 87.5 Å². The Morgan fingerprint density at radius 3 is 2.87 bits per heavy atom. The van der Waals surface area contributed by atoms with Gasteiger partial charge >= 0.3 is 5.97 Å². The zero-order valence-corrected chi connectivity index (χ0v) is 8.66. The Bertz CT molecular complexity index is 363. The van der Waals surface area contributed by atoms with Gasteiger partial charge in [-0.15, -0.1) is 0 Å². The maximum Gasteiger partial charge on any atom is 0.307 e. The predicted octanol–water partition coefficient (Wildman–Crippen LogP) is 2.38. The molecule has 0 radical (unpaired) electrons. The standard InChI is InChI=1S/C11H13FO3/c1-7-3-4-9(12)6-10(7)15-8(2)5-11(13)14/h3-4,6,8H,5H2,1-2H3,(H,13,14)/t8-/m0/s1. The molecule has 1 aromatic rings. The third-order valence-corrected chi connectivity index (χ3v) is 1.94. The Morgan fingerprint density at radius 1 is 1.60 bits per heavy atom. The van der Waals surface area contributed by atoms with Crippen LogP contribution in [0.1, 0.15) is 18.9 Å². The van der Waals surface area contributed by atoms with Crippen LogP contribution in [-0.2, 0) is 4.79 Å². The minimum Gasteiger partial charge on any atom is -0.490 e. The van der Waals surface area contributed by atoms with Gasteiger partial charge in [-0.05, 0) is 25.5 Å². The number of halogens is 1. The minimum absolute atomic E-state index is 0.101. The van der Waals surface area contributed by atoms with Gasteiger partial charge in [-0.1, -0.05) is 6.07 Å². The van der Waals surface area contributed by atoms with E-state index >= 15 is 0 Å². The zero-order chi connectivity index (χ0) is 11.4. The molecule has 15 heavy (non-hydrogen) atoms. The summed E-state index contributed by atoms with van der Waals surface area (Å²) in [5.41, 5.74) is 0.786. The van der Waals surface area contributed by atoms with Crippen LogP contribution in [0.5, 0.6) is 5.75 Å². The highest BCUT2D eigenvalue weighted by Gasteiger charge is 2.10. The summed E-state index contributed by atoms with van der Waals surface area (Å²) in [5, 5.41) is 8.53. The Hall–Kier alpha value is -1.58. The first kappa shape index (κ1) is 11.5. The van der Waals surface area contributed by atoms with Gasteiger partial charge in [0.05, 0.1) is 6.42 Å². The molecule has 0 amide bonds. The van der Waals surface area contributed by atoms with E-state index in [1.807, 2.05) is 0 Å². The molecule has 0 aliphatic carbocycles. The lowest BCUT2D eigenvalue weighted by atomic mass is 10.2. The second-order valence-electron chi connectivity index (χ2n) is 3.44. The van der Waals surface area contributed by atoms with Gasteiger partial charge in [0.1, 0.15) is 17.7 Å². The maximum absolute atomic E-state index is 12.9. The molecular formula is C11H13FO3. The highest BCUT2D eigenvalue weighted by Crippen LogP contribution is 2.20. The van der Waals surface area contributed by atoms with E-state index in [9.17, 15) is 9.18 Å². The summed E-state index contributed by atoms with van der Waals surface area (Å²) in [6.45, 7) is 3.42. The maximum atomic E-state index is 12.9. The molecule has 0 bridgehead atoms. The lowest BCUT2D eigenvalue weighted by Gasteiger charge is -2.14. The molecule has 4 heteroatoms. The van der Waals surface area contributed by atoms with Crippen LogP contribution >= 0.6 is 0 Å². The Kier molecular flexibility index (Phi) is 3.66. The van der Waals surface area contributed by atoms with Crippen molar-refractivity contribution < 1.29 is 19.0 Å². The minimum atomic E-state index is -0.934. The van der Waals surface area contributed by atoms with Gasteiger partial charge in [0.2, 0.25) is 0 Å². The zero-order valence-electron chi connectivity index (χ0n) is 8.66. The van der Waals surface area contributed by atoms with E-state index in [4.69, 9.17) is 9.84 Å².